The highest BCUT2D eigenvalue weighted by Crippen LogP contribution is 2.25. The number of nitrogens with zero attached hydrogens (tertiary/aromatic N) is 2. The van der Waals surface area contributed by atoms with E-state index in [0.717, 1.165) is 31.9 Å². The van der Waals surface area contributed by atoms with Gasteiger partial charge in [0, 0.05) is 31.9 Å². The molecule has 1 aliphatic heterocycles. The predicted octanol–water partition coefficient (Wildman–Crippen LogP) is 1.79. The van der Waals surface area contributed by atoms with Crippen LogP contribution in [-0.2, 0) is 0 Å². The second kappa shape index (κ2) is 4.28. The molecule has 2 rings (SSSR count). The van der Waals surface area contributed by atoms with Crippen LogP contribution in [-0.4, -0.2) is 26.2 Å². The molecule has 1 heterocycles. The van der Waals surface area contributed by atoms with Crippen molar-refractivity contribution in [1.29, 1.82) is 0 Å². The van der Waals surface area contributed by atoms with Crippen LogP contribution < -0.4 is 10.2 Å². The van der Waals surface area contributed by atoms with Gasteiger partial charge in [0.15, 0.2) is 0 Å². The number of halogens is 1. The molecule has 0 atom stereocenters. The zero-order valence-electron chi connectivity index (χ0n) is 8.33. The second-order valence-electron chi connectivity index (χ2n) is 3.48. The lowest BCUT2D eigenvalue weighted by Crippen LogP contribution is -2.43. The first-order valence-electron chi connectivity index (χ1n) is 4.94. The molecule has 0 spiro atoms. The Bertz CT molecular complexity index is 391. The first kappa shape index (κ1) is 9.94. The van der Waals surface area contributed by atoms with E-state index in [4.69, 9.17) is 6.57 Å². The molecule has 0 unspecified atom stereocenters. The zero-order valence-corrected chi connectivity index (χ0v) is 8.33. The van der Waals surface area contributed by atoms with E-state index >= 15 is 0 Å². The van der Waals surface area contributed by atoms with Crippen LogP contribution in [0.15, 0.2) is 18.2 Å². The highest BCUT2D eigenvalue weighted by molar-refractivity contribution is 5.59. The summed E-state index contributed by atoms with van der Waals surface area (Å²) in [5.74, 6) is -0.441. The molecule has 0 amide bonds. The molecule has 3 nitrogen and oxygen atoms in total. The van der Waals surface area contributed by atoms with Crippen LogP contribution in [0.2, 0.25) is 0 Å². The summed E-state index contributed by atoms with van der Waals surface area (Å²) in [7, 11) is 0. The van der Waals surface area contributed by atoms with E-state index in [9.17, 15) is 4.39 Å². The minimum absolute atomic E-state index is 0.103. The molecular weight excluding hydrogens is 193 g/mol. The standard InChI is InChI=1S/C11H12FN3/c1-13-11-8-9(2-3-10(11)12)15-6-4-14-5-7-15/h2-3,8,14H,4-7H2. The van der Waals surface area contributed by atoms with Crippen molar-refractivity contribution in [2.45, 2.75) is 0 Å². The lowest BCUT2D eigenvalue weighted by molar-refractivity contribution is 0.588. The molecule has 0 radical (unpaired) electrons. The van der Waals surface area contributed by atoms with Gasteiger partial charge in [0.2, 0.25) is 5.69 Å². The van der Waals surface area contributed by atoms with Gasteiger partial charge in [0.05, 0.1) is 6.57 Å². The predicted molar refractivity (Wildman–Crippen MR) is 57.7 cm³/mol. The van der Waals surface area contributed by atoms with Crippen molar-refractivity contribution >= 4 is 11.4 Å². The largest absolute Gasteiger partial charge is 0.370 e. The van der Waals surface area contributed by atoms with Crippen molar-refractivity contribution in [3.05, 3.63) is 35.4 Å². The molecule has 1 N–H and O–H groups in total. The molecule has 1 aromatic carbocycles. The summed E-state index contributed by atoms with van der Waals surface area (Å²) < 4.78 is 13.1. The van der Waals surface area contributed by atoms with E-state index in [1.807, 2.05) is 0 Å². The minimum Gasteiger partial charge on any atom is -0.370 e. The Labute approximate surface area is 88.3 Å². The molecule has 4 heteroatoms. The molecule has 1 aromatic rings. The molecule has 15 heavy (non-hydrogen) atoms. The third-order valence-corrected chi connectivity index (χ3v) is 2.53. The summed E-state index contributed by atoms with van der Waals surface area (Å²) in [4.78, 5) is 5.32. The number of anilines is 1. The molecular formula is C11H12FN3. The van der Waals surface area contributed by atoms with Gasteiger partial charge in [0.25, 0.3) is 0 Å². The van der Waals surface area contributed by atoms with Crippen LogP contribution in [0.5, 0.6) is 0 Å². The zero-order chi connectivity index (χ0) is 10.7. The summed E-state index contributed by atoms with van der Waals surface area (Å²) in [5, 5.41) is 3.25. The normalized spacial score (nSPS) is 16.1. The molecule has 0 bridgehead atoms. The maximum absolute atomic E-state index is 13.1. The van der Waals surface area contributed by atoms with Gasteiger partial charge in [-0.15, -0.1) is 0 Å². The van der Waals surface area contributed by atoms with Crippen LogP contribution in [0.25, 0.3) is 4.85 Å². The van der Waals surface area contributed by atoms with E-state index in [2.05, 4.69) is 15.1 Å². The van der Waals surface area contributed by atoms with Gasteiger partial charge in [-0.25, -0.2) is 9.24 Å². The third-order valence-electron chi connectivity index (χ3n) is 2.53. The number of benzene rings is 1. The van der Waals surface area contributed by atoms with Gasteiger partial charge in [-0.2, -0.15) is 0 Å². The quantitative estimate of drug-likeness (QED) is 0.705. The van der Waals surface area contributed by atoms with E-state index in [1.165, 1.54) is 6.07 Å². The molecule has 0 aromatic heterocycles. The van der Waals surface area contributed by atoms with E-state index < -0.39 is 5.82 Å². The summed E-state index contributed by atoms with van der Waals surface area (Å²) in [6, 6.07) is 4.72. The molecule has 78 valence electrons. The maximum Gasteiger partial charge on any atom is 0.224 e. The summed E-state index contributed by atoms with van der Waals surface area (Å²) in [5.41, 5.74) is 1.04. The Morgan fingerprint density at radius 2 is 2.07 bits per heavy atom. The summed E-state index contributed by atoms with van der Waals surface area (Å²) in [6.45, 7) is 10.5. The Morgan fingerprint density at radius 3 is 2.73 bits per heavy atom. The van der Waals surface area contributed by atoms with Crippen molar-refractivity contribution in [3.8, 4) is 0 Å². The van der Waals surface area contributed by atoms with E-state index in [0.29, 0.717) is 0 Å². The number of hydrogen-bond donors (Lipinski definition) is 1. The summed E-state index contributed by atoms with van der Waals surface area (Å²) in [6.07, 6.45) is 0. The van der Waals surface area contributed by atoms with Crippen LogP contribution >= 0.6 is 0 Å². The van der Waals surface area contributed by atoms with Crippen LogP contribution in [0, 0.1) is 12.4 Å². The smallest absolute Gasteiger partial charge is 0.224 e. The van der Waals surface area contributed by atoms with Gasteiger partial charge in [-0.1, -0.05) is 0 Å². The Morgan fingerprint density at radius 1 is 1.33 bits per heavy atom. The van der Waals surface area contributed by atoms with Gasteiger partial charge in [0.1, 0.15) is 5.82 Å². The lowest BCUT2D eigenvalue weighted by atomic mass is 10.2. The average Bonchev–Trinajstić information content (AvgIpc) is 2.31. The summed E-state index contributed by atoms with van der Waals surface area (Å²) >= 11 is 0. The van der Waals surface area contributed by atoms with Gasteiger partial charge in [-0.05, 0) is 18.2 Å². The highest BCUT2D eigenvalue weighted by Gasteiger charge is 2.12. The second-order valence-corrected chi connectivity index (χ2v) is 3.48. The minimum atomic E-state index is -0.441. The van der Waals surface area contributed by atoms with Crippen molar-refractivity contribution < 1.29 is 4.39 Å². The van der Waals surface area contributed by atoms with Crippen LogP contribution in [0.3, 0.4) is 0 Å². The average molecular weight is 205 g/mol. The maximum atomic E-state index is 13.1. The fourth-order valence-electron chi connectivity index (χ4n) is 1.71. The SMILES string of the molecule is [C-]#[N+]c1cc(N2CCNCC2)ccc1F. The number of rotatable bonds is 1. The van der Waals surface area contributed by atoms with Crippen LogP contribution in [0.1, 0.15) is 0 Å². The molecule has 0 saturated carbocycles. The number of hydrogen-bond acceptors (Lipinski definition) is 2. The molecule has 1 saturated heterocycles. The fourth-order valence-corrected chi connectivity index (χ4v) is 1.71. The van der Waals surface area contributed by atoms with Crippen molar-refractivity contribution in [1.82, 2.24) is 5.32 Å². The molecule has 1 fully saturated rings. The topological polar surface area (TPSA) is 19.6 Å². The Balaban J connectivity index is 2.25. The first-order chi connectivity index (χ1) is 7.31. The highest BCUT2D eigenvalue weighted by atomic mass is 19.1. The first-order valence-corrected chi connectivity index (χ1v) is 4.94. The monoisotopic (exact) mass is 205 g/mol. The third kappa shape index (κ3) is 2.08. The van der Waals surface area contributed by atoms with Crippen LogP contribution in [0.4, 0.5) is 15.8 Å². The molecule has 0 aliphatic carbocycles. The fraction of sp³-hybridized carbons (Fsp3) is 0.364. The lowest BCUT2D eigenvalue weighted by Gasteiger charge is -2.29. The van der Waals surface area contributed by atoms with Gasteiger partial charge in [-0.3, -0.25) is 0 Å². The number of piperazine rings is 1. The molecule has 1 aliphatic rings. The van der Waals surface area contributed by atoms with Crippen molar-refractivity contribution in [3.63, 3.8) is 0 Å². The van der Waals surface area contributed by atoms with Crippen molar-refractivity contribution in [2.75, 3.05) is 31.1 Å². The van der Waals surface area contributed by atoms with Gasteiger partial charge < -0.3 is 10.2 Å². The Kier molecular flexibility index (Phi) is 2.84. The Hall–Kier alpha value is -1.60. The van der Waals surface area contributed by atoms with E-state index in [-0.39, 0.29) is 5.69 Å². The van der Waals surface area contributed by atoms with Crippen molar-refractivity contribution in [2.24, 2.45) is 0 Å². The number of nitrogens with one attached hydrogen (secondary N) is 1. The van der Waals surface area contributed by atoms with E-state index in [1.54, 1.807) is 12.1 Å². The van der Waals surface area contributed by atoms with Gasteiger partial charge >= 0.3 is 0 Å².